The van der Waals surface area contributed by atoms with Gasteiger partial charge < -0.3 is 0 Å². The zero-order chi connectivity index (χ0) is 13.2. The zero-order valence-electron chi connectivity index (χ0n) is 11.5. The van der Waals surface area contributed by atoms with Crippen molar-refractivity contribution in [1.82, 2.24) is 0 Å². The Balaban J connectivity index is 2.25. The van der Waals surface area contributed by atoms with Gasteiger partial charge in [0.2, 0.25) is 0 Å². The molecule has 1 aliphatic rings. The number of hydrogen-bond acceptors (Lipinski definition) is 0. The number of hydrogen-bond donors (Lipinski definition) is 0. The Morgan fingerprint density at radius 3 is 1.74 bits per heavy atom. The summed E-state index contributed by atoms with van der Waals surface area (Å²) in [5, 5.41) is 0. The molecule has 0 unspecified atom stereocenters. The SMILES string of the molecule is CI(C)C=C1c2ccccc2CCc2ccccc21. The molecule has 0 bridgehead atoms. The summed E-state index contributed by atoms with van der Waals surface area (Å²) < 4.78 is 2.56. The molecule has 0 heterocycles. The summed E-state index contributed by atoms with van der Waals surface area (Å²) in [5.74, 6) is 0. The minimum absolute atomic E-state index is 0.911. The quantitative estimate of drug-likeness (QED) is 0.498. The van der Waals surface area contributed by atoms with Gasteiger partial charge in [-0.25, -0.2) is 0 Å². The summed E-state index contributed by atoms with van der Waals surface area (Å²) in [7, 11) is 0. The molecule has 0 fully saturated rings. The molecule has 0 aliphatic heterocycles. The molecule has 1 aliphatic carbocycles. The first kappa shape index (κ1) is 12.9. The Hall–Kier alpha value is -1.09. The number of halogens is 1. The van der Waals surface area contributed by atoms with E-state index in [-0.39, 0.29) is 0 Å². The van der Waals surface area contributed by atoms with Gasteiger partial charge in [-0.1, -0.05) is 0 Å². The number of rotatable bonds is 1. The second-order valence-electron chi connectivity index (χ2n) is 5.15. The van der Waals surface area contributed by atoms with Gasteiger partial charge in [0.1, 0.15) is 0 Å². The molecule has 0 saturated heterocycles. The molecule has 0 nitrogen and oxygen atoms in total. The normalized spacial score (nSPS) is 14.2. The summed E-state index contributed by atoms with van der Waals surface area (Å²) in [5.41, 5.74) is 7.40. The van der Waals surface area contributed by atoms with E-state index in [9.17, 15) is 0 Å². The second kappa shape index (κ2) is 5.49. The molecule has 0 saturated carbocycles. The molecule has 0 aromatic heterocycles. The molecule has 3 rings (SSSR count). The van der Waals surface area contributed by atoms with Gasteiger partial charge in [-0.3, -0.25) is 0 Å². The third-order valence-electron chi connectivity index (χ3n) is 3.61. The van der Waals surface area contributed by atoms with Crippen LogP contribution in [0.15, 0.2) is 52.6 Å². The maximum atomic E-state index is 2.56. The van der Waals surface area contributed by atoms with E-state index in [1.807, 2.05) is 0 Å². The van der Waals surface area contributed by atoms with Crippen LogP contribution in [0, 0.1) is 0 Å². The first-order valence-electron chi connectivity index (χ1n) is 6.62. The van der Waals surface area contributed by atoms with E-state index in [0.717, 1.165) is 12.8 Å². The van der Waals surface area contributed by atoms with Crippen LogP contribution in [0.25, 0.3) is 5.57 Å². The van der Waals surface area contributed by atoms with Crippen LogP contribution in [-0.4, -0.2) is 9.86 Å². The van der Waals surface area contributed by atoms with E-state index in [1.165, 1.54) is 27.8 Å². The fourth-order valence-corrected chi connectivity index (χ4v) is 4.67. The summed E-state index contributed by atoms with van der Waals surface area (Å²) in [4.78, 5) is 4.82. The van der Waals surface area contributed by atoms with Crippen molar-refractivity contribution in [2.75, 3.05) is 9.86 Å². The van der Waals surface area contributed by atoms with Crippen molar-refractivity contribution >= 4 is 25.4 Å². The predicted octanol–water partition coefficient (Wildman–Crippen LogP) is 4.94. The van der Waals surface area contributed by atoms with E-state index in [1.54, 1.807) is 0 Å². The maximum absolute atomic E-state index is 2.56. The summed E-state index contributed by atoms with van der Waals surface area (Å²) in [6.07, 6.45) is 2.32. The van der Waals surface area contributed by atoms with Crippen molar-refractivity contribution in [3.8, 4) is 0 Å². The van der Waals surface area contributed by atoms with Crippen molar-refractivity contribution in [2.45, 2.75) is 12.8 Å². The number of aryl methyl sites for hydroxylation is 2. The van der Waals surface area contributed by atoms with E-state index in [4.69, 9.17) is 0 Å². The van der Waals surface area contributed by atoms with Crippen molar-refractivity contribution in [3.63, 3.8) is 0 Å². The van der Waals surface area contributed by atoms with Crippen LogP contribution in [-0.2, 0) is 12.8 Å². The van der Waals surface area contributed by atoms with E-state index < -0.39 is 19.8 Å². The first-order chi connectivity index (χ1) is 9.25. The van der Waals surface area contributed by atoms with Gasteiger partial charge in [0.05, 0.1) is 0 Å². The predicted molar refractivity (Wildman–Crippen MR) is 93.2 cm³/mol. The van der Waals surface area contributed by atoms with Crippen molar-refractivity contribution in [3.05, 3.63) is 74.9 Å². The van der Waals surface area contributed by atoms with Gasteiger partial charge >= 0.3 is 123 Å². The Morgan fingerprint density at radius 1 is 0.789 bits per heavy atom. The fourth-order valence-electron chi connectivity index (χ4n) is 2.75. The molecule has 0 atom stereocenters. The molecule has 2 aromatic carbocycles. The van der Waals surface area contributed by atoms with Crippen LogP contribution in [0.2, 0.25) is 0 Å². The Morgan fingerprint density at radius 2 is 1.26 bits per heavy atom. The Bertz CT molecular complexity index is 574. The van der Waals surface area contributed by atoms with Gasteiger partial charge in [-0.05, 0) is 0 Å². The van der Waals surface area contributed by atoms with Gasteiger partial charge in [-0.15, -0.1) is 0 Å². The van der Waals surface area contributed by atoms with Gasteiger partial charge in [0, 0.05) is 0 Å². The molecule has 98 valence electrons. The van der Waals surface area contributed by atoms with Crippen LogP contribution < -0.4 is 0 Å². The molecule has 0 N–H and O–H groups in total. The fraction of sp³-hybridized carbons (Fsp3) is 0.222. The van der Waals surface area contributed by atoms with Gasteiger partial charge in [-0.2, -0.15) is 0 Å². The van der Waals surface area contributed by atoms with Gasteiger partial charge in [0.15, 0.2) is 0 Å². The van der Waals surface area contributed by atoms with Crippen LogP contribution in [0.4, 0.5) is 0 Å². The Kier molecular flexibility index (Phi) is 3.74. The number of alkyl halides is 2. The molecule has 19 heavy (non-hydrogen) atoms. The van der Waals surface area contributed by atoms with Crippen molar-refractivity contribution in [1.29, 1.82) is 0 Å². The van der Waals surface area contributed by atoms with Crippen LogP contribution >= 0.6 is 19.8 Å². The third kappa shape index (κ3) is 2.62. The van der Waals surface area contributed by atoms with Gasteiger partial charge in [0.25, 0.3) is 0 Å². The topological polar surface area (TPSA) is 0 Å². The summed E-state index contributed by atoms with van der Waals surface area (Å²) in [6.45, 7) is 0. The van der Waals surface area contributed by atoms with E-state index in [2.05, 4.69) is 62.5 Å². The van der Waals surface area contributed by atoms with Crippen molar-refractivity contribution in [2.24, 2.45) is 0 Å². The van der Waals surface area contributed by atoms with Crippen LogP contribution in [0.3, 0.4) is 0 Å². The zero-order valence-corrected chi connectivity index (χ0v) is 13.6. The Labute approximate surface area is 122 Å². The molecule has 0 spiro atoms. The number of fused-ring (bicyclic) bond motifs is 2. The molecular formula is C18H19I. The third-order valence-corrected chi connectivity index (χ3v) is 5.47. The average molecular weight is 362 g/mol. The molecule has 2 aromatic rings. The molecule has 1 heteroatoms. The monoisotopic (exact) mass is 362 g/mol. The average Bonchev–Trinajstić information content (AvgIpc) is 2.57. The van der Waals surface area contributed by atoms with Crippen LogP contribution in [0.1, 0.15) is 22.3 Å². The van der Waals surface area contributed by atoms with Crippen LogP contribution in [0.5, 0.6) is 0 Å². The van der Waals surface area contributed by atoms with E-state index >= 15 is 0 Å². The minimum atomic E-state index is -0.911. The molecule has 0 radical (unpaired) electrons. The van der Waals surface area contributed by atoms with Crippen molar-refractivity contribution < 1.29 is 0 Å². The molecular weight excluding hydrogens is 343 g/mol. The first-order valence-corrected chi connectivity index (χ1v) is 12.2. The standard InChI is InChI=1S/C18H19I/c1-19(2)13-18-16-9-5-3-7-14(16)11-12-15-8-4-6-10-17(15)18/h3-10,13H,11-12H2,1-2H3. The van der Waals surface area contributed by atoms with E-state index in [0.29, 0.717) is 0 Å². The summed E-state index contributed by atoms with van der Waals surface area (Å²) in [6, 6.07) is 17.8. The summed E-state index contributed by atoms with van der Waals surface area (Å²) >= 11 is -0.911. The molecule has 0 amide bonds. The number of benzene rings is 2. The second-order valence-corrected chi connectivity index (χ2v) is 10.4.